The summed E-state index contributed by atoms with van der Waals surface area (Å²) in [6.07, 6.45) is 1.13. The number of hydrogen-bond donors (Lipinski definition) is 1. The van der Waals surface area contributed by atoms with Crippen molar-refractivity contribution >= 4 is 28.6 Å². The highest BCUT2D eigenvalue weighted by Gasteiger charge is 2.15. The number of rotatable bonds is 7. The van der Waals surface area contributed by atoms with Crippen molar-refractivity contribution in [3.63, 3.8) is 0 Å². The second-order valence-corrected chi connectivity index (χ2v) is 7.41. The molecule has 2 heterocycles. The minimum Gasteiger partial charge on any atom is -0.497 e. The number of aromatic nitrogens is 1. The Kier molecular flexibility index (Phi) is 5.83. The van der Waals surface area contributed by atoms with Crippen LogP contribution in [0.15, 0.2) is 47.2 Å². The van der Waals surface area contributed by atoms with E-state index < -0.39 is 0 Å². The lowest BCUT2D eigenvalue weighted by molar-refractivity contribution is -0.121. The van der Waals surface area contributed by atoms with E-state index >= 15 is 0 Å². The summed E-state index contributed by atoms with van der Waals surface area (Å²) in [6, 6.07) is 11.9. The number of nitrogens with one attached hydrogen (secondary N) is 1. The Bertz CT molecular complexity index is 810. The van der Waals surface area contributed by atoms with Gasteiger partial charge in [0.05, 0.1) is 30.1 Å². The predicted octanol–water partition coefficient (Wildman–Crippen LogP) is 4.69. The van der Waals surface area contributed by atoms with Crippen molar-refractivity contribution in [3.05, 3.63) is 58.4 Å². The molecule has 1 atom stereocenters. The number of methoxy groups -OCH3 is 1. The molecule has 130 valence electrons. The zero-order valence-electron chi connectivity index (χ0n) is 14.2. The van der Waals surface area contributed by atoms with Gasteiger partial charge in [-0.3, -0.25) is 4.79 Å². The summed E-state index contributed by atoms with van der Waals surface area (Å²) in [6.45, 7) is 2.06. The highest BCUT2D eigenvalue weighted by molar-refractivity contribution is 7.20. The molecule has 3 rings (SSSR count). The molecule has 0 bridgehead atoms. The van der Waals surface area contributed by atoms with Crippen molar-refractivity contribution in [2.24, 2.45) is 0 Å². The van der Waals surface area contributed by atoms with Crippen LogP contribution in [-0.2, 0) is 11.2 Å². The molecular formula is C19H20N2O2S2. The number of carbonyl (C=O) groups is 1. The first kappa shape index (κ1) is 17.6. The molecule has 6 heteroatoms. The molecule has 1 amide bonds. The number of ether oxygens (including phenoxy) is 1. The van der Waals surface area contributed by atoms with Gasteiger partial charge in [0.1, 0.15) is 10.8 Å². The molecule has 1 N–H and O–H groups in total. The largest absolute Gasteiger partial charge is 0.497 e. The molecule has 0 saturated heterocycles. The van der Waals surface area contributed by atoms with E-state index in [2.05, 4.69) is 17.2 Å². The van der Waals surface area contributed by atoms with E-state index in [1.807, 2.05) is 47.2 Å². The van der Waals surface area contributed by atoms with Crippen LogP contribution in [0.4, 0.5) is 0 Å². The minimum absolute atomic E-state index is 0.00573. The average Bonchev–Trinajstić information content (AvgIpc) is 3.31. The van der Waals surface area contributed by atoms with E-state index in [1.165, 1.54) is 0 Å². The Labute approximate surface area is 155 Å². The van der Waals surface area contributed by atoms with Crippen LogP contribution in [0, 0.1) is 0 Å². The topological polar surface area (TPSA) is 51.2 Å². The average molecular weight is 373 g/mol. The molecule has 1 aromatic carbocycles. The Balaban J connectivity index is 1.62. The lowest BCUT2D eigenvalue weighted by Gasteiger charge is -2.17. The van der Waals surface area contributed by atoms with Gasteiger partial charge in [0.25, 0.3) is 0 Å². The molecular weight excluding hydrogens is 352 g/mol. The zero-order valence-corrected chi connectivity index (χ0v) is 15.8. The van der Waals surface area contributed by atoms with Gasteiger partial charge in [0.15, 0.2) is 0 Å². The lowest BCUT2D eigenvalue weighted by Crippen LogP contribution is -2.29. The van der Waals surface area contributed by atoms with E-state index in [4.69, 9.17) is 4.74 Å². The van der Waals surface area contributed by atoms with Crippen molar-refractivity contribution in [2.45, 2.75) is 25.8 Å². The maximum absolute atomic E-state index is 12.4. The van der Waals surface area contributed by atoms with Gasteiger partial charge in [-0.2, -0.15) is 0 Å². The fraction of sp³-hybridized carbons (Fsp3) is 0.263. The van der Waals surface area contributed by atoms with Crippen LogP contribution < -0.4 is 10.1 Å². The fourth-order valence-corrected chi connectivity index (χ4v) is 4.20. The van der Waals surface area contributed by atoms with E-state index in [0.717, 1.165) is 33.3 Å². The summed E-state index contributed by atoms with van der Waals surface area (Å²) in [5.41, 5.74) is 1.89. The Morgan fingerprint density at radius 2 is 2.04 bits per heavy atom. The van der Waals surface area contributed by atoms with Crippen LogP contribution >= 0.6 is 22.7 Å². The zero-order chi connectivity index (χ0) is 17.6. The smallest absolute Gasteiger partial charge is 0.226 e. The van der Waals surface area contributed by atoms with Gasteiger partial charge < -0.3 is 10.1 Å². The van der Waals surface area contributed by atoms with E-state index in [9.17, 15) is 4.79 Å². The quantitative estimate of drug-likeness (QED) is 0.654. The van der Waals surface area contributed by atoms with Crippen LogP contribution in [0.1, 0.15) is 30.6 Å². The van der Waals surface area contributed by atoms with Crippen molar-refractivity contribution in [3.8, 4) is 15.6 Å². The summed E-state index contributed by atoms with van der Waals surface area (Å²) < 4.78 is 5.18. The maximum Gasteiger partial charge on any atom is 0.226 e. The molecule has 0 saturated carbocycles. The molecule has 2 aromatic heterocycles. The maximum atomic E-state index is 12.4. The van der Waals surface area contributed by atoms with Gasteiger partial charge >= 0.3 is 0 Å². The van der Waals surface area contributed by atoms with Crippen LogP contribution in [0.5, 0.6) is 5.75 Å². The summed E-state index contributed by atoms with van der Waals surface area (Å²) in [5.74, 6) is 0.805. The molecule has 0 fully saturated rings. The monoisotopic (exact) mass is 372 g/mol. The van der Waals surface area contributed by atoms with Gasteiger partial charge in [0, 0.05) is 5.38 Å². The van der Waals surface area contributed by atoms with Crippen LogP contribution in [-0.4, -0.2) is 18.0 Å². The van der Waals surface area contributed by atoms with Gasteiger partial charge in [-0.25, -0.2) is 4.98 Å². The number of thiophene rings is 1. The van der Waals surface area contributed by atoms with Crippen molar-refractivity contribution in [2.75, 3.05) is 7.11 Å². The second-order valence-electron chi connectivity index (χ2n) is 5.60. The Morgan fingerprint density at radius 3 is 2.68 bits per heavy atom. The van der Waals surface area contributed by atoms with Crippen LogP contribution in [0.25, 0.3) is 9.88 Å². The first-order valence-electron chi connectivity index (χ1n) is 8.11. The fourth-order valence-electron chi connectivity index (χ4n) is 2.57. The normalized spacial score (nSPS) is 11.9. The Morgan fingerprint density at radius 1 is 1.24 bits per heavy atom. The highest BCUT2D eigenvalue weighted by atomic mass is 32.1. The molecule has 0 radical (unpaired) electrons. The van der Waals surface area contributed by atoms with Crippen molar-refractivity contribution < 1.29 is 9.53 Å². The molecule has 25 heavy (non-hydrogen) atoms. The first-order chi connectivity index (χ1) is 12.2. The molecule has 1 unspecified atom stereocenters. The molecule has 0 aliphatic heterocycles. The van der Waals surface area contributed by atoms with Gasteiger partial charge in [0.2, 0.25) is 5.91 Å². The number of hydrogen-bond acceptors (Lipinski definition) is 5. The van der Waals surface area contributed by atoms with E-state index in [1.54, 1.807) is 29.8 Å². The highest BCUT2D eigenvalue weighted by Crippen LogP contribution is 2.28. The number of nitrogens with zero attached hydrogens (tertiary/aromatic N) is 1. The third-order valence-electron chi connectivity index (χ3n) is 3.89. The van der Waals surface area contributed by atoms with Crippen molar-refractivity contribution in [1.82, 2.24) is 10.3 Å². The molecule has 0 aliphatic carbocycles. The predicted molar refractivity (Wildman–Crippen MR) is 103 cm³/mol. The van der Waals surface area contributed by atoms with E-state index in [-0.39, 0.29) is 11.9 Å². The number of benzene rings is 1. The van der Waals surface area contributed by atoms with Crippen molar-refractivity contribution in [1.29, 1.82) is 0 Å². The third-order valence-corrected chi connectivity index (χ3v) is 5.82. The summed E-state index contributed by atoms with van der Waals surface area (Å²) in [4.78, 5) is 18.1. The van der Waals surface area contributed by atoms with Crippen LogP contribution in [0.2, 0.25) is 0 Å². The Hall–Kier alpha value is -2.18. The lowest BCUT2D eigenvalue weighted by atomic mass is 10.0. The van der Waals surface area contributed by atoms with Gasteiger partial charge in [-0.15, -0.1) is 22.7 Å². The minimum atomic E-state index is -0.00861. The number of amides is 1. The summed E-state index contributed by atoms with van der Waals surface area (Å²) >= 11 is 3.24. The molecule has 4 nitrogen and oxygen atoms in total. The summed E-state index contributed by atoms with van der Waals surface area (Å²) in [7, 11) is 1.65. The molecule has 0 spiro atoms. The molecule has 0 aliphatic rings. The number of thiazole rings is 1. The SMILES string of the molecule is CCC(NC(=O)Cc1csc(-c2cccs2)n1)c1ccc(OC)cc1. The van der Waals surface area contributed by atoms with Crippen LogP contribution in [0.3, 0.4) is 0 Å². The summed E-state index contributed by atoms with van der Waals surface area (Å²) in [5, 5.41) is 8.07. The second kappa shape index (κ2) is 8.27. The first-order valence-corrected chi connectivity index (χ1v) is 9.87. The number of carbonyl (C=O) groups excluding carboxylic acids is 1. The molecule has 3 aromatic rings. The van der Waals surface area contributed by atoms with Gasteiger partial charge in [-0.1, -0.05) is 25.1 Å². The standard InChI is InChI=1S/C19H20N2O2S2/c1-3-16(13-6-8-15(23-2)9-7-13)21-18(22)11-14-12-25-19(20-14)17-5-4-10-24-17/h4-10,12,16H,3,11H2,1-2H3,(H,21,22). The third kappa shape index (κ3) is 4.46. The van der Waals surface area contributed by atoms with Gasteiger partial charge in [-0.05, 0) is 35.6 Å². The van der Waals surface area contributed by atoms with E-state index in [0.29, 0.717) is 6.42 Å².